The Labute approximate surface area is 229 Å². The van der Waals surface area contributed by atoms with Gasteiger partial charge in [0.2, 0.25) is 0 Å². The van der Waals surface area contributed by atoms with E-state index in [1.807, 2.05) is 0 Å². The molecule has 0 radical (unpaired) electrons. The quantitative estimate of drug-likeness (QED) is 0.150. The number of amides is 1. The summed E-state index contributed by atoms with van der Waals surface area (Å²) in [5, 5.41) is 24.6. The molecule has 40 heavy (non-hydrogen) atoms. The first kappa shape index (κ1) is 30.2. The Kier molecular flexibility index (Phi) is 8.50. The summed E-state index contributed by atoms with van der Waals surface area (Å²) in [6.07, 6.45) is -3.74. The first-order valence-corrected chi connectivity index (χ1v) is 14.3. The Morgan fingerprint density at radius 2 is 2.02 bits per heavy atom. The van der Waals surface area contributed by atoms with Gasteiger partial charge in [0.25, 0.3) is 0 Å². The molecule has 224 valence electrons. The van der Waals surface area contributed by atoms with Crippen LogP contribution in [-0.2, 0) is 32.6 Å². The summed E-state index contributed by atoms with van der Waals surface area (Å²) in [5.74, 6) is -1.12. The SMILES string of the molecule is CCOC(=O)CCNC(=O)[C@@H]1O[PH](O)(OC[C@H]2O[C@@H](n3cnc4c(N)nc(N)nc43)[C@](C)(O)[C@@H]2O)OCC1(C)C. The van der Waals surface area contributed by atoms with Gasteiger partial charge in [0.15, 0.2) is 0 Å². The van der Waals surface area contributed by atoms with E-state index < -0.39 is 62.2 Å². The standard InChI is InChI=1S/C22H36N7O10P/c1-5-35-12(30)6-7-25-18(32)15-21(2,3)9-37-40(34,39-15)36-8-11-14(31)22(4,33)19(38-11)29-10-26-13-16(23)27-20(24)28-17(13)29/h10-11,14-15,19,31,33-34,40H,5-9H2,1-4H3,(H,25,32)(H4,23,24,27,28)/t11-,14-,15+,19-,22-/m1/s1. The summed E-state index contributed by atoms with van der Waals surface area (Å²) in [4.78, 5) is 47.5. The summed E-state index contributed by atoms with van der Waals surface area (Å²) in [6, 6.07) is 0. The van der Waals surface area contributed by atoms with Gasteiger partial charge in [-0.3, -0.25) is 0 Å². The van der Waals surface area contributed by atoms with Gasteiger partial charge < -0.3 is 0 Å². The second-order valence-corrected chi connectivity index (χ2v) is 12.3. The summed E-state index contributed by atoms with van der Waals surface area (Å²) in [5.41, 5.74) is 9.26. The fraction of sp³-hybridized carbons (Fsp3) is 0.682. The van der Waals surface area contributed by atoms with E-state index in [0.29, 0.717) is 0 Å². The van der Waals surface area contributed by atoms with Crippen molar-refractivity contribution in [3.63, 3.8) is 0 Å². The number of anilines is 2. The number of nitrogen functional groups attached to an aromatic ring is 2. The van der Waals surface area contributed by atoms with Crippen molar-refractivity contribution in [2.45, 2.75) is 64.3 Å². The number of ether oxygens (including phenoxy) is 2. The fourth-order valence-corrected chi connectivity index (χ4v) is 6.36. The maximum absolute atomic E-state index is 12.8. The third kappa shape index (κ3) is 5.96. The number of carbonyl (C=O) groups excluding carboxylic acids is 2. The van der Waals surface area contributed by atoms with E-state index in [1.54, 1.807) is 20.8 Å². The number of nitrogens with two attached hydrogens (primary N) is 2. The number of fused-ring (bicyclic) bond motifs is 1. The molecular formula is C22H36N7O10P. The molecule has 8 N–H and O–H groups in total. The Bertz CT molecular complexity index is 1260. The average molecular weight is 590 g/mol. The van der Waals surface area contributed by atoms with E-state index in [1.165, 1.54) is 17.8 Å². The number of aromatic nitrogens is 4. The van der Waals surface area contributed by atoms with Crippen molar-refractivity contribution in [1.29, 1.82) is 0 Å². The first-order valence-electron chi connectivity index (χ1n) is 12.6. The molecule has 2 aliphatic heterocycles. The molecule has 5 atom stereocenters. The molecule has 2 saturated heterocycles. The van der Waals surface area contributed by atoms with Crippen molar-refractivity contribution in [1.82, 2.24) is 24.8 Å². The van der Waals surface area contributed by atoms with Crippen LogP contribution in [0.4, 0.5) is 11.8 Å². The van der Waals surface area contributed by atoms with E-state index in [2.05, 4.69) is 20.3 Å². The monoisotopic (exact) mass is 589 g/mol. The van der Waals surface area contributed by atoms with E-state index >= 15 is 0 Å². The number of carbonyl (C=O) groups is 2. The van der Waals surface area contributed by atoms with Crippen LogP contribution in [0.1, 0.15) is 40.3 Å². The minimum absolute atomic E-state index is 0.0129. The van der Waals surface area contributed by atoms with E-state index in [-0.39, 0.29) is 49.1 Å². The molecule has 1 amide bonds. The Hall–Kier alpha value is -2.76. The molecule has 2 aromatic rings. The van der Waals surface area contributed by atoms with Crippen LogP contribution in [0.3, 0.4) is 0 Å². The Morgan fingerprint density at radius 1 is 1.30 bits per heavy atom. The van der Waals surface area contributed by atoms with Gasteiger partial charge >= 0.3 is 229 Å². The summed E-state index contributed by atoms with van der Waals surface area (Å²) < 4.78 is 28.8. The van der Waals surface area contributed by atoms with Gasteiger partial charge in [-0.15, -0.1) is 0 Å². The van der Waals surface area contributed by atoms with Crippen molar-refractivity contribution in [2.75, 3.05) is 37.8 Å². The normalized spacial score (nSPS) is 30.2. The molecule has 18 heteroatoms. The Morgan fingerprint density at radius 3 is 2.73 bits per heavy atom. The van der Waals surface area contributed by atoms with Crippen LogP contribution in [0.2, 0.25) is 0 Å². The predicted octanol–water partition coefficient (Wildman–Crippen LogP) is -1.07. The second kappa shape index (κ2) is 11.3. The zero-order chi connectivity index (χ0) is 29.5. The minimum atomic E-state index is -4.41. The Balaban J connectivity index is 1.43. The number of hydrogen-bond acceptors (Lipinski definition) is 15. The van der Waals surface area contributed by atoms with Crippen molar-refractivity contribution >= 4 is 43.0 Å². The molecule has 2 aliphatic rings. The fourth-order valence-electron chi connectivity index (χ4n) is 4.49. The topological polar surface area (TPSA) is 249 Å². The van der Waals surface area contributed by atoms with E-state index in [9.17, 15) is 24.7 Å². The van der Waals surface area contributed by atoms with Gasteiger partial charge in [0, 0.05) is 0 Å². The number of aliphatic hydroxyl groups is 2. The number of rotatable bonds is 9. The second-order valence-electron chi connectivity index (χ2n) is 10.4. The molecule has 0 saturated carbocycles. The molecule has 0 aliphatic carbocycles. The predicted molar refractivity (Wildman–Crippen MR) is 140 cm³/mol. The van der Waals surface area contributed by atoms with Crippen LogP contribution in [0, 0.1) is 5.41 Å². The van der Waals surface area contributed by atoms with E-state index in [0.717, 1.165) is 0 Å². The van der Waals surface area contributed by atoms with Crippen LogP contribution in [0.15, 0.2) is 6.33 Å². The van der Waals surface area contributed by atoms with Crippen LogP contribution >= 0.6 is 8.17 Å². The number of imidazole rings is 1. The first-order chi connectivity index (χ1) is 18.7. The van der Waals surface area contributed by atoms with Crippen molar-refractivity contribution in [3.8, 4) is 0 Å². The van der Waals surface area contributed by atoms with Gasteiger partial charge in [0.1, 0.15) is 0 Å². The summed E-state index contributed by atoms with van der Waals surface area (Å²) >= 11 is 0. The number of hydrogen-bond donors (Lipinski definition) is 6. The molecule has 0 bridgehead atoms. The van der Waals surface area contributed by atoms with Crippen molar-refractivity contribution in [3.05, 3.63) is 6.33 Å². The average Bonchev–Trinajstić information content (AvgIpc) is 3.38. The van der Waals surface area contributed by atoms with Gasteiger partial charge in [-0.25, -0.2) is 0 Å². The molecule has 17 nitrogen and oxygen atoms in total. The van der Waals surface area contributed by atoms with Crippen molar-refractivity contribution < 1.29 is 47.7 Å². The zero-order valence-electron chi connectivity index (χ0n) is 22.6. The number of nitrogens with one attached hydrogen (secondary N) is 1. The third-order valence-electron chi connectivity index (χ3n) is 6.68. The maximum atomic E-state index is 12.8. The third-order valence-corrected chi connectivity index (χ3v) is 8.25. The molecule has 4 rings (SSSR count). The zero-order valence-corrected chi connectivity index (χ0v) is 23.6. The van der Waals surface area contributed by atoms with Crippen LogP contribution < -0.4 is 16.8 Å². The van der Waals surface area contributed by atoms with Gasteiger partial charge in [-0.05, 0) is 0 Å². The molecule has 4 heterocycles. The molecular weight excluding hydrogens is 553 g/mol. The molecule has 0 spiro atoms. The molecule has 2 fully saturated rings. The number of aliphatic hydroxyl groups excluding tert-OH is 1. The van der Waals surface area contributed by atoms with Gasteiger partial charge in [-0.1, -0.05) is 0 Å². The molecule has 0 aromatic carbocycles. The van der Waals surface area contributed by atoms with E-state index in [4.69, 9.17) is 34.5 Å². The van der Waals surface area contributed by atoms with Crippen LogP contribution in [0.5, 0.6) is 0 Å². The number of esters is 1. The van der Waals surface area contributed by atoms with Gasteiger partial charge in [0.05, 0.1) is 0 Å². The van der Waals surface area contributed by atoms with Crippen LogP contribution in [-0.4, -0.2) is 96.8 Å². The number of nitrogens with zero attached hydrogens (tertiary/aromatic N) is 4. The van der Waals surface area contributed by atoms with Crippen LogP contribution in [0.25, 0.3) is 11.2 Å². The van der Waals surface area contributed by atoms with Gasteiger partial charge in [-0.2, -0.15) is 0 Å². The summed E-state index contributed by atoms with van der Waals surface area (Å²) in [7, 11) is -4.41. The molecule has 0 unspecified atom stereocenters. The summed E-state index contributed by atoms with van der Waals surface area (Å²) in [6.45, 7) is 6.15. The van der Waals surface area contributed by atoms with Crippen molar-refractivity contribution in [2.24, 2.45) is 5.41 Å². The molecule has 2 aromatic heterocycles.